The number of piperidine rings is 1. The molecule has 0 saturated carbocycles. The van der Waals surface area contributed by atoms with Crippen molar-refractivity contribution in [2.24, 2.45) is 0 Å². The highest BCUT2D eigenvalue weighted by Crippen LogP contribution is 2.28. The van der Waals surface area contributed by atoms with Gasteiger partial charge in [-0.3, -0.25) is 4.79 Å². The van der Waals surface area contributed by atoms with Gasteiger partial charge in [0.1, 0.15) is 5.82 Å². The van der Waals surface area contributed by atoms with E-state index in [0.29, 0.717) is 18.9 Å². The number of hydrogen-bond donors (Lipinski definition) is 0. The van der Waals surface area contributed by atoms with Crippen LogP contribution in [0.25, 0.3) is 11.4 Å². The highest BCUT2D eigenvalue weighted by atomic mass is 19.1. The summed E-state index contributed by atoms with van der Waals surface area (Å²) in [7, 11) is 0. The van der Waals surface area contributed by atoms with Crippen molar-refractivity contribution in [2.75, 3.05) is 13.1 Å². The van der Waals surface area contributed by atoms with E-state index in [4.69, 9.17) is 4.98 Å². The van der Waals surface area contributed by atoms with Crippen LogP contribution in [0.15, 0.2) is 60.8 Å². The molecule has 0 spiro atoms. The molecule has 0 unspecified atom stereocenters. The molecule has 2 aromatic carbocycles. The Kier molecular flexibility index (Phi) is 5.15. The summed E-state index contributed by atoms with van der Waals surface area (Å²) in [4.78, 5) is 23.7. The largest absolute Gasteiger partial charge is 0.338 e. The van der Waals surface area contributed by atoms with E-state index in [1.54, 1.807) is 29.3 Å². The number of benzene rings is 2. The molecule has 1 aliphatic heterocycles. The van der Waals surface area contributed by atoms with Crippen LogP contribution in [-0.4, -0.2) is 33.9 Å². The first-order valence-corrected chi connectivity index (χ1v) is 9.55. The number of aryl methyl sites for hydroxylation is 1. The minimum Gasteiger partial charge on any atom is -0.338 e. The van der Waals surface area contributed by atoms with Crippen LogP contribution in [0.4, 0.5) is 4.39 Å². The minimum atomic E-state index is -0.474. The van der Waals surface area contributed by atoms with Gasteiger partial charge in [0.05, 0.1) is 5.56 Å². The van der Waals surface area contributed by atoms with E-state index < -0.39 is 5.82 Å². The Balaban J connectivity index is 1.55. The van der Waals surface area contributed by atoms with Crippen molar-refractivity contribution in [3.05, 3.63) is 83.4 Å². The lowest BCUT2D eigenvalue weighted by molar-refractivity contribution is 0.0701. The topological polar surface area (TPSA) is 46.1 Å². The number of aromatic nitrogens is 2. The molecule has 5 heteroatoms. The molecule has 1 fully saturated rings. The highest BCUT2D eigenvalue weighted by molar-refractivity contribution is 5.94. The monoisotopic (exact) mass is 375 g/mol. The van der Waals surface area contributed by atoms with Gasteiger partial charge in [0, 0.05) is 36.5 Å². The number of halogens is 1. The highest BCUT2D eigenvalue weighted by Gasteiger charge is 2.27. The molecule has 28 heavy (non-hydrogen) atoms. The van der Waals surface area contributed by atoms with Crippen molar-refractivity contribution in [3.8, 4) is 11.4 Å². The van der Waals surface area contributed by atoms with Crippen LogP contribution in [0.5, 0.6) is 0 Å². The van der Waals surface area contributed by atoms with Crippen molar-refractivity contribution < 1.29 is 9.18 Å². The number of likely N-dealkylation sites (tertiary alicyclic amines) is 1. The molecule has 0 aliphatic carbocycles. The first kappa shape index (κ1) is 18.3. The van der Waals surface area contributed by atoms with E-state index in [2.05, 4.69) is 4.98 Å². The van der Waals surface area contributed by atoms with Gasteiger partial charge in [-0.2, -0.15) is 0 Å². The van der Waals surface area contributed by atoms with Gasteiger partial charge in [-0.15, -0.1) is 0 Å². The zero-order chi connectivity index (χ0) is 19.5. The number of hydrogen-bond acceptors (Lipinski definition) is 3. The van der Waals surface area contributed by atoms with Crippen molar-refractivity contribution in [2.45, 2.75) is 25.7 Å². The quantitative estimate of drug-likeness (QED) is 0.671. The average molecular weight is 375 g/mol. The van der Waals surface area contributed by atoms with Crippen LogP contribution < -0.4 is 0 Å². The fourth-order valence-electron chi connectivity index (χ4n) is 3.65. The third kappa shape index (κ3) is 3.79. The van der Waals surface area contributed by atoms with Gasteiger partial charge in [0.25, 0.3) is 5.91 Å². The molecule has 3 aromatic rings. The summed E-state index contributed by atoms with van der Waals surface area (Å²) in [5.41, 5.74) is 3.22. The van der Waals surface area contributed by atoms with Crippen molar-refractivity contribution in [1.82, 2.24) is 14.9 Å². The molecule has 2 heterocycles. The van der Waals surface area contributed by atoms with Crippen LogP contribution >= 0.6 is 0 Å². The third-order valence-electron chi connectivity index (χ3n) is 5.22. The maximum atomic E-state index is 14.0. The Bertz CT molecular complexity index is 987. The van der Waals surface area contributed by atoms with Crippen molar-refractivity contribution >= 4 is 5.91 Å². The molecule has 142 valence electrons. The van der Waals surface area contributed by atoms with Crippen molar-refractivity contribution in [1.29, 1.82) is 0 Å². The molecule has 1 amide bonds. The van der Waals surface area contributed by atoms with Gasteiger partial charge < -0.3 is 4.90 Å². The molecule has 1 atom stereocenters. The SMILES string of the molecule is Cc1ccc(-c2nccc([C@H]3CCCN(C(=O)c4ccccc4F)C3)n2)cc1. The molecular weight excluding hydrogens is 353 g/mol. The molecule has 4 rings (SSSR count). The molecule has 0 bridgehead atoms. The first-order chi connectivity index (χ1) is 13.6. The second kappa shape index (κ2) is 7.89. The molecular formula is C23H22FN3O. The summed E-state index contributed by atoms with van der Waals surface area (Å²) in [6, 6.07) is 16.2. The first-order valence-electron chi connectivity index (χ1n) is 9.55. The number of amides is 1. The zero-order valence-corrected chi connectivity index (χ0v) is 15.8. The maximum Gasteiger partial charge on any atom is 0.256 e. The van der Waals surface area contributed by atoms with Gasteiger partial charge in [0.2, 0.25) is 0 Å². The standard InChI is InChI=1S/C23H22FN3O/c1-16-8-10-17(11-9-16)22-25-13-12-21(26-22)18-5-4-14-27(15-18)23(28)19-6-2-3-7-20(19)24/h2-3,6-13,18H,4-5,14-15H2,1H3/t18-/m0/s1. The van der Waals surface area contributed by atoms with Crippen LogP contribution in [0.3, 0.4) is 0 Å². The molecule has 1 aliphatic rings. The second-order valence-electron chi connectivity index (χ2n) is 7.24. The van der Waals surface area contributed by atoms with Crippen LogP contribution in [-0.2, 0) is 0 Å². The minimum absolute atomic E-state index is 0.122. The Morgan fingerprint density at radius 2 is 1.89 bits per heavy atom. The van der Waals surface area contributed by atoms with Gasteiger partial charge >= 0.3 is 0 Å². The van der Waals surface area contributed by atoms with E-state index in [-0.39, 0.29) is 17.4 Å². The fourth-order valence-corrected chi connectivity index (χ4v) is 3.65. The normalized spacial score (nSPS) is 16.8. The second-order valence-corrected chi connectivity index (χ2v) is 7.24. The molecule has 1 saturated heterocycles. The zero-order valence-electron chi connectivity index (χ0n) is 15.8. The summed E-state index contributed by atoms with van der Waals surface area (Å²) < 4.78 is 14.0. The van der Waals surface area contributed by atoms with Gasteiger partial charge in [-0.05, 0) is 38.0 Å². The van der Waals surface area contributed by atoms with E-state index in [1.165, 1.54) is 11.6 Å². The summed E-state index contributed by atoms with van der Waals surface area (Å²) >= 11 is 0. The van der Waals surface area contributed by atoms with Gasteiger partial charge in [-0.25, -0.2) is 14.4 Å². The van der Waals surface area contributed by atoms with Gasteiger partial charge in [0.15, 0.2) is 5.82 Å². The predicted octanol–water partition coefficient (Wildman–Crippen LogP) is 4.61. The van der Waals surface area contributed by atoms with E-state index in [9.17, 15) is 9.18 Å². The number of rotatable bonds is 3. The van der Waals surface area contributed by atoms with E-state index in [0.717, 1.165) is 24.1 Å². The van der Waals surface area contributed by atoms with Crippen LogP contribution in [0, 0.1) is 12.7 Å². The fraction of sp³-hybridized carbons (Fsp3) is 0.261. The summed E-state index contributed by atoms with van der Waals surface area (Å²) in [5.74, 6) is 0.0839. The Morgan fingerprint density at radius 1 is 1.11 bits per heavy atom. The Morgan fingerprint density at radius 3 is 2.68 bits per heavy atom. The molecule has 0 N–H and O–H groups in total. The third-order valence-corrected chi connectivity index (χ3v) is 5.22. The lowest BCUT2D eigenvalue weighted by atomic mass is 9.94. The summed E-state index contributed by atoms with van der Waals surface area (Å²) in [6.45, 7) is 3.22. The molecule has 0 radical (unpaired) electrons. The summed E-state index contributed by atoms with van der Waals surface area (Å²) in [6.07, 6.45) is 3.59. The smallest absolute Gasteiger partial charge is 0.256 e. The van der Waals surface area contributed by atoms with Gasteiger partial charge in [-0.1, -0.05) is 42.0 Å². The number of carbonyl (C=O) groups is 1. The van der Waals surface area contributed by atoms with Crippen molar-refractivity contribution in [3.63, 3.8) is 0 Å². The van der Waals surface area contributed by atoms with Crippen LogP contribution in [0.1, 0.15) is 40.4 Å². The van der Waals surface area contributed by atoms with E-state index in [1.807, 2.05) is 37.3 Å². The lowest BCUT2D eigenvalue weighted by Gasteiger charge is -2.32. The molecule has 4 nitrogen and oxygen atoms in total. The number of carbonyl (C=O) groups excluding carboxylic acids is 1. The lowest BCUT2D eigenvalue weighted by Crippen LogP contribution is -2.39. The molecule has 1 aromatic heterocycles. The average Bonchev–Trinajstić information content (AvgIpc) is 2.74. The number of nitrogens with zero attached hydrogens (tertiary/aromatic N) is 3. The summed E-state index contributed by atoms with van der Waals surface area (Å²) in [5, 5.41) is 0. The predicted molar refractivity (Wildman–Crippen MR) is 106 cm³/mol. The maximum absolute atomic E-state index is 14.0. The Labute approximate surface area is 164 Å². The van der Waals surface area contributed by atoms with E-state index >= 15 is 0 Å². The van der Waals surface area contributed by atoms with Crippen LogP contribution in [0.2, 0.25) is 0 Å². The Hall–Kier alpha value is -3.08.